The Hall–Kier alpha value is -2.23. The second-order valence-electron chi connectivity index (χ2n) is 6.94. The number of aromatic nitrogens is 3. The number of rotatable bonds is 4. The average molecular weight is 343 g/mol. The first-order valence-electron chi connectivity index (χ1n) is 9.33. The molecule has 1 aromatic rings. The largest absolute Gasteiger partial charge is 0.335 e. The van der Waals surface area contributed by atoms with Crippen molar-refractivity contribution in [3.63, 3.8) is 0 Å². The number of fused-ring (bicyclic) bond motifs is 1. The molecule has 0 bridgehead atoms. The van der Waals surface area contributed by atoms with Crippen LogP contribution in [0.5, 0.6) is 0 Å². The third-order valence-electron chi connectivity index (χ3n) is 5.12. The summed E-state index contributed by atoms with van der Waals surface area (Å²) in [6, 6.07) is 2.10. The molecule has 25 heavy (non-hydrogen) atoms. The Morgan fingerprint density at radius 2 is 1.76 bits per heavy atom. The Morgan fingerprint density at radius 3 is 2.60 bits per heavy atom. The molecule has 3 rings (SSSR count). The van der Waals surface area contributed by atoms with Gasteiger partial charge in [-0.1, -0.05) is 19.3 Å². The number of carbonyl (C=O) groups is 2. The summed E-state index contributed by atoms with van der Waals surface area (Å²) in [6.45, 7) is 1.35. The SMILES string of the molecule is N#CC(C(=O)CN1CCCCCCC1=O)c1nnc2n1CCCCC2. The third-order valence-corrected chi connectivity index (χ3v) is 5.12. The van der Waals surface area contributed by atoms with Gasteiger partial charge in [0.15, 0.2) is 17.5 Å². The van der Waals surface area contributed by atoms with Gasteiger partial charge in [-0.2, -0.15) is 5.26 Å². The molecule has 134 valence electrons. The summed E-state index contributed by atoms with van der Waals surface area (Å²) in [7, 11) is 0. The van der Waals surface area contributed by atoms with Crippen LogP contribution in [0.25, 0.3) is 0 Å². The molecule has 1 atom stereocenters. The smallest absolute Gasteiger partial charge is 0.222 e. The molecule has 0 aromatic carbocycles. The molecule has 2 aliphatic heterocycles. The van der Waals surface area contributed by atoms with Gasteiger partial charge in [0.05, 0.1) is 12.6 Å². The summed E-state index contributed by atoms with van der Waals surface area (Å²) in [4.78, 5) is 26.6. The van der Waals surface area contributed by atoms with Gasteiger partial charge in [0.25, 0.3) is 0 Å². The minimum Gasteiger partial charge on any atom is -0.335 e. The molecule has 0 radical (unpaired) electrons. The summed E-state index contributed by atoms with van der Waals surface area (Å²) in [6.07, 6.45) is 8.46. The van der Waals surface area contributed by atoms with Crippen molar-refractivity contribution in [2.45, 2.75) is 70.3 Å². The lowest BCUT2D eigenvalue weighted by molar-refractivity contribution is -0.136. The standard InChI is InChI=1S/C18H25N5O2/c19-12-14(18-21-20-16-8-4-3-7-11-23(16)18)15(24)13-22-10-6-2-1-5-9-17(22)25/h14H,1-11,13H2. The maximum atomic E-state index is 12.8. The number of nitrogens with zero attached hydrogens (tertiary/aromatic N) is 5. The zero-order valence-electron chi connectivity index (χ0n) is 14.6. The summed E-state index contributed by atoms with van der Waals surface area (Å²) < 4.78 is 1.94. The van der Waals surface area contributed by atoms with Crippen LogP contribution in [0.1, 0.15) is 68.9 Å². The van der Waals surface area contributed by atoms with Crippen molar-refractivity contribution in [2.24, 2.45) is 0 Å². The Morgan fingerprint density at radius 1 is 1.04 bits per heavy atom. The second kappa shape index (κ2) is 8.24. The molecule has 0 aliphatic carbocycles. The molecule has 1 saturated heterocycles. The maximum absolute atomic E-state index is 12.8. The first-order valence-corrected chi connectivity index (χ1v) is 9.33. The number of carbonyl (C=O) groups excluding carboxylic acids is 2. The summed E-state index contributed by atoms with van der Waals surface area (Å²) in [5, 5.41) is 17.9. The quantitative estimate of drug-likeness (QED) is 0.833. The topological polar surface area (TPSA) is 91.9 Å². The molecule has 7 heteroatoms. The normalized spacial score (nSPS) is 20.0. The van der Waals surface area contributed by atoms with Crippen LogP contribution < -0.4 is 0 Å². The summed E-state index contributed by atoms with van der Waals surface area (Å²) >= 11 is 0. The predicted molar refractivity (Wildman–Crippen MR) is 90.6 cm³/mol. The van der Waals surface area contributed by atoms with Gasteiger partial charge in [-0.3, -0.25) is 9.59 Å². The van der Waals surface area contributed by atoms with Crippen LogP contribution in [-0.2, 0) is 22.6 Å². The van der Waals surface area contributed by atoms with E-state index in [0.717, 1.165) is 63.7 Å². The minimum absolute atomic E-state index is 0.000741. The van der Waals surface area contributed by atoms with E-state index in [1.165, 1.54) is 0 Å². The van der Waals surface area contributed by atoms with Crippen molar-refractivity contribution in [3.8, 4) is 6.07 Å². The zero-order chi connectivity index (χ0) is 17.6. The van der Waals surface area contributed by atoms with Gasteiger partial charge < -0.3 is 9.47 Å². The molecular formula is C18H25N5O2. The van der Waals surface area contributed by atoms with Crippen LogP contribution in [0.3, 0.4) is 0 Å². The van der Waals surface area contributed by atoms with Gasteiger partial charge in [0.2, 0.25) is 5.91 Å². The van der Waals surface area contributed by atoms with Gasteiger partial charge in [-0.25, -0.2) is 0 Å². The lowest BCUT2D eigenvalue weighted by Gasteiger charge is -2.25. The Bertz CT molecular complexity index is 675. The van der Waals surface area contributed by atoms with Gasteiger partial charge in [0.1, 0.15) is 5.82 Å². The number of hydrogen-bond acceptors (Lipinski definition) is 5. The number of hydrogen-bond donors (Lipinski definition) is 0. The monoisotopic (exact) mass is 343 g/mol. The van der Waals surface area contributed by atoms with Crippen molar-refractivity contribution >= 4 is 11.7 Å². The lowest BCUT2D eigenvalue weighted by atomic mass is 10.0. The molecule has 0 saturated carbocycles. The van der Waals surface area contributed by atoms with Gasteiger partial charge >= 0.3 is 0 Å². The van der Waals surface area contributed by atoms with Crippen LogP contribution >= 0.6 is 0 Å². The van der Waals surface area contributed by atoms with Crippen molar-refractivity contribution in [1.29, 1.82) is 5.26 Å². The van der Waals surface area contributed by atoms with Crippen LogP contribution in [0.4, 0.5) is 0 Å². The maximum Gasteiger partial charge on any atom is 0.222 e. The molecule has 0 N–H and O–H groups in total. The van der Waals surface area contributed by atoms with Crippen LogP contribution in [0.2, 0.25) is 0 Å². The highest BCUT2D eigenvalue weighted by Crippen LogP contribution is 2.21. The van der Waals surface area contributed by atoms with E-state index in [4.69, 9.17) is 0 Å². The zero-order valence-corrected chi connectivity index (χ0v) is 14.6. The molecule has 1 aromatic heterocycles. The number of aryl methyl sites for hydroxylation is 1. The molecule has 0 spiro atoms. The number of amides is 1. The van der Waals surface area contributed by atoms with Gasteiger partial charge in [-0.05, 0) is 25.7 Å². The third kappa shape index (κ3) is 4.06. The Kier molecular flexibility index (Phi) is 5.79. The Balaban J connectivity index is 1.74. The number of likely N-dealkylation sites (tertiary alicyclic amines) is 1. The second-order valence-corrected chi connectivity index (χ2v) is 6.94. The fourth-order valence-corrected chi connectivity index (χ4v) is 3.66. The van der Waals surface area contributed by atoms with E-state index in [0.29, 0.717) is 18.8 Å². The van der Waals surface area contributed by atoms with Crippen molar-refractivity contribution < 1.29 is 9.59 Å². The van der Waals surface area contributed by atoms with Crippen molar-refractivity contribution in [3.05, 3.63) is 11.6 Å². The Labute approximate surface area is 148 Å². The minimum atomic E-state index is -0.947. The lowest BCUT2D eigenvalue weighted by Crippen LogP contribution is -2.39. The average Bonchev–Trinajstić information content (AvgIpc) is 2.84. The highest BCUT2D eigenvalue weighted by atomic mass is 16.2. The highest BCUT2D eigenvalue weighted by molar-refractivity contribution is 5.92. The number of ketones is 1. The summed E-state index contributed by atoms with van der Waals surface area (Å²) in [5.74, 6) is 0.130. The van der Waals surface area contributed by atoms with Crippen molar-refractivity contribution in [1.82, 2.24) is 19.7 Å². The van der Waals surface area contributed by atoms with E-state index < -0.39 is 5.92 Å². The first-order chi connectivity index (χ1) is 12.2. The van der Waals surface area contributed by atoms with Crippen LogP contribution in [0.15, 0.2) is 0 Å². The van der Waals surface area contributed by atoms with E-state index in [9.17, 15) is 14.9 Å². The molecule has 1 amide bonds. The summed E-state index contributed by atoms with van der Waals surface area (Å²) in [5.41, 5.74) is 0. The van der Waals surface area contributed by atoms with E-state index in [-0.39, 0.29) is 18.2 Å². The van der Waals surface area contributed by atoms with E-state index in [1.807, 2.05) is 4.57 Å². The van der Waals surface area contributed by atoms with Gasteiger partial charge in [0, 0.05) is 25.9 Å². The molecular weight excluding hydrogens is 318 g/mol. The van der Waals surface area contributed by atoms with Gasteiger partial charge in [-0.15, -0.1) is 10.2 Å². The van der Waals surface area contributed by atoms with E-state index in [1.54, 1.807) is 4.90 Å². The first kappa shape index (κ1) is 17.6. The van der Waals surface area contributed by atoms with Crippen molar-refractivity contribution in [2.75, 3.05) is 13.1 Å². The fourth-order valence-electron chi connectivity index (χ4n) is 3.66. The van der Waals surface area contributed by atoms with Crippen LogP contribution in [-0.4, -0.2) is 44.4 Å². The van der Waals surface area contributed by atoms with E-state index >= 15 is 0 Å². The number of nitriles is 1. The fraction of sp³-hybridized carbons (Fsp3) is 0.722. The molecule has 1 fully saturated rings. The molecule has 7 nitrogen and oxygen atoms in total. The molecule has 1 unspecified atom stereocenters. The predicted octanol–water partition coefficient (Wildman–Crippen LogP) is 1.97. The molecule has 3 heterocycles. The number of Topliss-reactive ketones (excluding diaryl/α,β-unsaturated/α-hetero) is 1. The highest BCUT2D eigenvalue weighted by Gasteiger charge is 2.30. The van der Waals surface area contributed by atoms with Crippen LogP contribution in [0, 0.1) is 11.3 Å². The van der Waals surface area contributed by atoms with E-state index in [2.05, 4.69) is 16.3 Å². The molecule has 2 aliphatic rings.